The van der Waals surface area contributed by atoms with Gasteiger partial charge in [-0.25, -0.2) is 0 Å². The number of morpholine rings is 1. The summed E-state index contributed by atoms with van der Waals surface area (Å²) in [6.45, 7) is 5.26. The van der Waals surface area contributed by atoms with Crippen molar-refractivity contribution >= 4 is 0 Å². The van der Waals surface area contributed by atoms with Crippen LogP contribution in [0.5, 0.6) is 11.5 Å². The Morgan fingerprint density at radius 1 is 1.39 bits per heavy atom. The molecule has 100 valence electrons. The Morgan fingerprint density at radius 3 is 2.94 bits per heavy atom. The molecule has 1 heterocycles. The summed E-state index contributed by atoms with van der Waals surface area (Å²) in [5.41, 5.74) is 1.22. The summed E-state index contributed by atoms with van der Waals surface area (Å²) in [6.07, 6.45) is 1.15. The van der Waals surface area contributed by atoms with Gasteiger partial charge < -0.3 is 19.5 Å². The van der Waals surface area contributed by atoms with E-state index < -0.39 is 0 Å². The monoisotopic (exact) mass is 251 g/mol. The number of ether oxygens (including phenoxy) is 3. The first-order chi connectivity index (χ1) is 8.83. The molecule has 1 unspecified atom stereocenters. The van der Waals surface area contributed by atoms with Gasteiger partial charge in [-0.05, 0) is 24.6 Å². The predicted molar refractivity (Wildman–Crippen MR) is 70.5 cm³/mol. The maximum Gasteiger partial charge on any atom is 0.161 e. The van der Waals surface area contributed by atoms with Crippen LogP contribution in [0.25, 0.3) is 0 Å². The van der Waals surface area contributed by atoms with Gasteiger partial charge in [-0.3, -0.25) is 0 Å². The van der Waals surface area contributed by atoms with Crippen LogP contribution in [0.1, 0.15) is 12.5 Å². The summed E-state index contributed by atoms with van der Waals surface area (Å²) < 4.78 is 16.6. The van der Waals surface area contributed by atoms with Gasteiger partial charge in [0.25, 0.3) is 0 Å². The largest absolute Gasteiger partial charge is 0.493 e. The van der Waals surface area contributed by atoms with E-state index in [-0.39, 0.29) is 6.10 Å². The van der Waals surface area contributed by atoms with Gasteiger partial charge in [0, 0.05) is 19.5 Å². The first kappa shape index (κ1) is 13.2. The van der Waals surface area contributed by atoms with Gasteiger partial charge in [-0.1, -0.05) is 6.07 Å². The summed E-state index contributed by atoms with van der Waals surface area (Å²) >= 11 is 0. The number of benzene rings is 1. The van der Waals surface area contributed by atoms with Gasteiger partial charge in [0.15, 0.2) is 11.5 Å². The van der Waals surface area contributed by atoms with Crippen LogP contribution in [0.4, 0.5) is 0 Å². The van der Waals surface area contributed by atoms with Crippen LogP contribution in [-0.4, -0.2) is 39.5 Å². The maximum absolute atomic E-state index is 5.70. The molecule has 1 aromatic rings. The molecule has 1 aliphatic rings. The Labute approximate surface area is 108 Å². The van der Waals surface area contributed by atoms with Crippen LogP contribution < -0.4 is 14.8 Å². The minimum atomic E-state index is 0.252. The highest BCUT2D eigenvalue weighted by molar-refractivity contribution is 5.43. The molecule has 1 fully saturated rings. The lowest BCUT2D eigenvalue weighted by Gasteiger charge is -2.24. The average Bonchev–Trinajstić information content (AvgIpc) is 2.41. The van der Waals surface area contributed by atoms with Crippen molar-refractivity contribution in [2.75, 3.05) is 33.4 Å². The molecule has 4 nitrogen and oxygen atoms in total. The summed E-state index contributed by atoms with van der Waals surface area (Å²) in [5, 5.41) is 3.34. The van der Waals surface area contributed by atoms with E-state index in [1.807, 2.05) is 19.1 Å². The van der Waals surface area contributed by atoms with E-state index in [0.29, 0.717) is 6.61 Å². The van der Waals surface area contributed by atoms with Crippen molar-refractivity contribution in [2.24, 2.45) is 0 Å². The zero-order valence-corrected chi connectivity index (χ0v) is 11.1. The third kappa shape index (κ3) is 3.37. The number of hydrogen-bond acceptors (Lipinski definition) is 4. The van der Waals surface area contributed by atoms with Gasteiger partial charge in [0.2, 0.25) is 0 Å². The van der Waals surface area contributed by atoms with E-state index in [0.717, 1.165) is 37.6 Å². The molecule has 0 aliphatic carbocycles. The Kier molecular flexibility index (Phi) is 4.84. The third-order valence-electron chi connectivity index (χ3n) is 3.00. The molecule has 0 aromatic heterocycles. The second-order valence-electron chi connectivity index (χ2n) is 4.32. The van der Waals surface area contributed by atoms with Crippen molar-refractivity contribution < 1.29 is 14.2 Å². The molecular weight excluding hydrogens is 230 g/mol. The Balaban J connectivity index is 2.05. The zero-order chi connectivity index (χ0) is 12.8. The molecule has 4 heteroatoms. The number of rotatable bonds is 5. The fourth-order valence-electron chi connectivity index (χ4n) is 2.13. The standard InChI is InChI=1S/C14H21NO3/c1-3-17-14-9-11(4-5-13(14)16-2)8-12-10-15-6-7-18-12/h4-5,9,12,15H,3,6-8,10H2,1-2H3. The smallest absolute Gasteiger partial charge is 0.161 e. The van der Waals surface area contributed by atoms with Gasteiger partial charge in [-0.15, -0.1) is 0 Å². The fourth-order valence-corrected chi connectivity index (χ4v) is 2.13. The normalized spacial score (nSPS) is 19.6. The van der Waals surface area contributed by atoms with Crippen molar-refractivity contribution in [3.8, 4) is 11.5 Å². The Bertz CT molecular complexity index is 375. The zero-order valence-electron chi connectivity index (χ0n) is 11.1. The highest BCUT2D eigenvalue weighted by Gasteiger charge is 2.15. The SMILES string of the molecule is CCOc1cc(CC2CNCCO2)ccc1OC. The van der Waals surface area contributed by atoms with E-state index in [4.69, 9.17) is 14.2 Å². The van der Waals surface area contributed by atoms with Crippen molar-refractivity contribution in [3.05, 3.63) is 23.8 Å². The van der Waals surface area contributed by atoms with Crippen LogP contribution in [0.15, 0.2) is 18.2 Å². The van der Waals surface area contributed by atoms with E-state index in [1.54, 1.807) is 7.11 Å². The van der Waals surface area contributed by atoms with Crippen LogP contribution in [0, 0.1) is 0 Å². The Morgan fingerprint density at radius 2 is 2.28 bits per heavy atom. The molecule has 0 spiro atoms. The number of nitrogens with one attached hydrogen (secondary N) is 1. The molecule has 0 amide bonds. The molecule has 0 saturated carbocycles. The maximum atomic E-state index is 5.70. The van der Waals surface area contributed by atoms with Crippen LogP contribution in [0.3, 0.4) is 0 Å². The van der Waals surface area contributed by atoms with E-state index in [1.165, 1.54) is 5.56 Å². The minimum Gasteiger partial charge on any atom is -0.493 e. The summed E-state index contributed by atoms with van der Waals surface area (Å²) in [4.78, 5) is 0. The van der Waals surface area contributed by atoms with Crippen molar-refractivity contribution in [2.45, 2.75) is 19.4 Å². The topological polar surface area (TPSA) is 39.7 Å². The van der Waals surface area contributed by atoms with E-state index in [2.05, 4.69) is 11.4 Å². The van der Waals surface area contributed by atoms with Crippen molar-refractivity contribution in [1.29, 1.82) is 0 Å². The number of hydrogen-bond donors (Lipinski definition) is 1. The minimum absolute atomic E-state index is 0.252. The van der Waals surface area contributed by atoms with E-state index >= 15 is 0 Å². The van der Waals surface area contributed by atoms with E-state index in [9.17, 15) is 0 Å². The third-order valence-corrected chi connectivity index (χ3v) is 3.00. The first-order valence-corrected chi connectivity index (χ1v) is 6.45. The second-order valence-corrected chi connectivity index (χ2v) is 4.32. The van der Waals surface area contributed by atoms with Gasteiger partial charge in [0.1, 0.15) is 0 Å². The molecule has 1 saturated heterocycles. The number of methoxy groups -OCH3 is 1. The molecule has 2 rings (SSSR count). The lowest BCUT2D eigenvalue weighted by molar-refractivity contribution is 0.0292. The van der Waals surface area contributed by atoms with Gasteiger partial charge >= 0.3 is 0 Å². The molecular formula is C14H21NO3. The Hall–Kier alpha value is -1.26. The first-order valence-electron chi connectivity index (χ1n) is 6.45. The van der Waals surface area contributed by atoms with Crippen molar-refractivity contribution in [3.63, 3.8) is 0 Å². The average molecular weight is 251 g/mol. The molecule has 18 heavy (non-hydrogen) atoms. The highest BCUT2D eigenvalue weighted by Crippen LogP contribution is 2.28. The lowest BCUT2D eigenvalue weighted by atomic mass is 10.1. The molecule has 0 radical (unpaired) electrons. The van der Waals surface area contributed by atoms with Crippen LogP contribution in [-0.2, 0) is 11.2 Å². The second kappa shape index (κ2) is 6.61. The molecule has 0 bridgehead atoms. The van der Waals surface area contributed by atoms with Crippen molar-refractivity contribution in [1.82, 2.24) is 5.32 Å². The lowest BCUT2D eigenvalue weighted by Crippen LogP contribution is -2.39. The molecule has 1 aromatic carbocycles. The summed E-state index contributed by atoms with van der Waals surface area (Å²) in [6, 6.07) is 6.07. The fraction of sp³-hybridized carbons (Fsp3) is 0.571. The van der Waals surface area contributed by atoms with Gasteiger partial charge in [-0.2, -0.15) is 0 Å². The summed E-state index contributed by atoms with van der Waals surface area (Å²) in [5.74, 6) is 1.59. The van der Waals surface area contributed by atoms with Gasteiger partial charge in [0.05, 0.1) is 26.4 Å². The van der Waals surface area contributed by atoms with Crippen LogP contribution >= 0.6 is 0 Å². The summed E-state index contributed by atoms with van der Waals surface area (Å²) in [7, 11) is 1.66. The molecule has 1 N–H and O–H groups in total. The highest BCUT2D eigenvalue weighted by atomic mass is 16.5. The molecule has 1 aliphatic heterocycles. The predicted octanol–water partition coefficient (Wildman–Crippen LogP) is 1.62. The molecule has 1 atom stereocenters. The quantitative estimate of drug-likeness (QED) is 0.863. The van der Waals surface area contributed by atoms with Crippen LogP contribution in [0.2, 0.25) is 0 Å².